The van der Waals surface area contributed by atoms with Crippen molar-refractivity contribution in [3.63, 3.8) is 0 Å². The molecule has 0 radical (unpaired) electrons. The van der Waals surface area contributed by atoms with E-state index in [0.717, 1.165) is 30.1 Å². The van der Waals surface area contributed by atoms with Crippen LogP contribution in [0.4, 0.5) is 0 Å². The number of hydrogen-bond donors (Lipinski definition) is 1. The van der Waals surface area contributed by atoms with Gasteiger partial charge in [0.05, 0.1) is 22.7 Å². The summed E-state index contributed by atoms with van der Waals surface area (Å²) in [5.74, 6) is 0.199. The molecule has 0 aliphatic heterocycles. The molecule has 0 spiro atoms. The molecule has 0 saturated heterocycles. The second kappa shape index (κ2) is 4.73. The minimum Gasteiger partial charge on any atom is -0.307 e. The zero-order valence-electron chi connectivity index (χ0n) is 8.86. The van der Waals surface area contributed by atoms with E-state index in [1.165, 1.54) is 6.42 Å². The van der Waals surface area contributed by atoms with Crippen molar-refractivity contribution < 1.29 is 0 Å². The largest absolute Gasteiger partial charge is 0.307 e. The van der Waals surface area contributed by atoms with Gasteiger partial charge in [-0.1, -0.05) is 6.42 Å². The Balaban J connectivity index is 1.85. The summed E-state index contributed by atoms with van der Waals surface area (Å²) in [6.45, 7) is 2.81. The van der Waals surface area contributed by atoms with Crippen LogP contribution in [-0.4, -0.2) is 11.0 Å². The fraction of sp³-hybridized carbons (Fsp3) is 0.636. The zero-order valence-corrected chi connectivity index (χ0v) is 9.68. The molecule has 0 amide bonds. The number of aromatic nitrogens is 1. The van der Waals surface area contributed by atoms with Gasteiger partial charge in [0.1, 0.15) is 0 Å². The lowest BCUT2D eigenvalue weighted by molar-refractivity contribution is 0.462. The molecule has 1 saturated carbocycles. The standard InChI is InChI=1S/C11H15N3S/c1-8-14-10(7-15-8)6-13-11-4-2-3-9(11)5-12/h7,9,11,13H,2-4,6H2,1H3. The van der Waals surface area contributed by atoms with Crippen LogP contribution in [0.1, 0.15) is 30.0 Å². The van der Waals surface area contributed by atoms with Crippen LogP contribution < -0.4 is 5.32 Å². The van der Waals surface area contributed by atoms with Crippen LogP contribution in [0.5, 0.6) is 0 Å². The molecule has 1 heterocycles. The first-order chi connectivity index (χ1) is 7.29. The van der Waals surface area contributed by atoms with E-state index >= 15 is 0 Å². The van der Waals surface area contributed by atoms with Crippen molar-refractivity contribution in [1.82, 2.24) is 10.3 Å². The molecule has 3 nitrogen and oxygen atoms in total. The number of nitrogens with zero attached hydrogens (tertiary/aromatic N) is 2. The monoisotopic (exact) mass is 221 g/mol. The SMILES string of the molecule is Cc1nc(CNC2CCCC2C#N)cs1. The van der Waals surface area contributed by atoms with E-state index in [2.05, 4.69) is 21.8 Å². The third kappa shape index (κ3) is 2.55. The molecule has 1 aliphatic rings. The summed E-state index contributed by atoms with van der Waals surface area (Å²) < 4.78 is 0. The summed E-state index contributed by atoms with van der Waals surface area (Å²) in [7, 11) is 0. The maximum Gasteiger partial charge on any atom is 0.0897 e. The minimum atomic E-state index is 0.199. The van der Waals surface area contributed by atoms with Crippen molar-refractivity contribution >= 4 is 11.3 Å². The Morgan fingerprint density at radius 2 is 2.53 bits per heavy atom. The zero-order chi connectivity index (χ0) is 10.7. The molecule has 2 atom stereocenters. The van der Waals surface area contributed by atoms with E-state index in [0.29, 0.717) is 6.04 Å². The number of nitriles is 1. The summed E-state index contributed by atoms with van der Waals surface area (Å²) in [5, 5.41) is 15.6. The highest BCUT2D eigenvalue weighted by Gasteiger charge is 2.26. The van der Waals surface area contributed by atoms with E-state index in [-0.39, 0.29) is 5.92 Å². The van der Waals surface area contributed by atoms with Gasteiger partial charge in [-0.2, -0.15) is 5.26 Å². The average molecular weight is 221 g/mol. The first-order valence-corrected chi connectivity index (χ1v) is 6.21. The highest BCUT2D eigenvalue weighted by molar-refractivity contribution is 7.09. The Bertz CT molecular complexity index is 366. The van der Waals surface area contributed by atoms with Crippen LogP contribution in [0, 0.1) is 24.2 Å². The smallest absolute Gasteiger partial charge is 0.0897 e. The maximum atomic E-state index is 8.93. The van der Waals surface area contributed by atoms with Crippen molar-refractivity contribution in [1.29, 1.82) is 5.26 Å². The molecule has 1 N–H and O–H groups in total. The van der Waals surface area contributed by atoms with Gasteiger partial charge in [0.2, 0.25) is 0 Å². The van der Waals surface area contributed by atoms with E-state index < -0.39 is 0 Å². The summed E-state index contributed by atoms with van der Waals surface area (Å²) in [4.78, 5) is 4.40. The molecule has 0 aromatic carbocycles. The maximum absolute atomic E-state index is 8.93. The normalized spacial score (nSPS) is 25.3. The van der Waals surface area contributed by atoms with Gasteiger partial charge in [-0.15, -0.1) is 11.3 Å². The molecule has 1 aromatic rings. The quantitative estimate of drug-likeness (QED) is 0.851. The molecule has 4 heteroatoms. The lowest BCUT2D eigenvalue weighted by Gasteiger charge is -2.14. The van der Waals surface area contributed by atoms with Crippen LogP contribution in [0.15, 0.2) is 5.38 Å². The van der Waals surface area contributed by atoms with Crippen molar-refractivity contribution in [2.24, 2.45) is 5.92 Å². The molecule has 1 aromatic heterocycles. The Morgan fingerprint density at radius 1 is 1.67 bits per heavy atom. The van der Waals surface area contributed by atoms with Crippen molar-refractivity contribution in [3.05, 3.63) is 16.1 Å². The molecular formula is C11H15N3S. The van der Waals surface area contributed by atoms with Gasteiger partial charge in [0.15, 0.2) is 0 Å². The number of aryl methyl sites for hydroxylation is 1. The van der Waals surface area contributed by atoms with Crippen LogP contribution in [0.2, 0.25) is 0 Å². The van der Waals surface area contributed by atoms with Gasteiger partial charge < -0.3 is 5.32 Å². The first-order valence-electron chi connectivity index (χ1n) is 5.33. The number of thiazole rings is 1. The average Bonchev–Trinajstić information content (AvgIpc) is 2.83. The predicted molar refractivity (Wildman–Crippen MR) is 60.4 cm³/mol. The fourth-order valence-electron chi connectivity index (χ4n) is 2.08. The molecule has 2 rings (SSSR count). The van der Waals surface area contributed by atoms with Crippen LogP contribution in [0.25, 0.3) is 0 Å². The summed E-state index contributed by atoms with van der Waals surface area (Å²) in [5.41, 5.74) is 1.10. The second-order valence-electron chi connectivity index (χ2n) is 4.01. The van der Waals surface area contributed by atoms with E-state index in [9.17, 15) is 0 Å². The van der Waals surface area contributed by atoms with Crippen LogP contribution >= 0.6 is 11.3 Å². The van der Waals surface area contributed by atoms with Gasteiger partial charge in [-0.25, -0.2) is 4.98 Å². The molecule has 1 fully saturated rings. The van der Waals surface area contributed by atoms with E-state index in [4.69, 9.17) is 5.26 Å². The lowest BCUT2D eigenvalue weighted by Crippen LogP contribution is -2.31. The first kappa shape index (κ1) is 10.6. The van der Waals surface area contributed by atoms with Gasteiger partial charge in [-0.3, -0.25) is 0 Å². The Kier molecular flexibility index (Phi) is 3.34. The molecule has 2 unspecified atom stereocenters. The summed E-state index contributed by atoms with van der Waals surface area (Å²) in [6, 6.07) is 2.75. The Labute approximate surface area is 94.1 Å². The lowest BCUT2D eigenvalue weighted by atomic mass is 10.1. The van der Waals surface area contributed by atoms with Crippen molar-refractivity contribution in [3.8, 4) is 6.07 Å². The predicted octanol–water partition coefficient (Wildman–Crippen LogP) is 2.23. The Hall–Kier alpha value is -0.920. The highest BCUT2D eigenvalue weighted by atomic mass is 32.1. The van der Waals surface area contributed by atoms with E-state index in [1.54, 1.807) is 11.3 Å². The molecule has 80 valence electrons. The minimum absolute atomic E-state index is 0.199. The van der Waals surface area contributed by atoms with Gasteiger partial charge >= 0.3 is 0 Å². The van der Waals surface area contributed by atoms with Gasteiger partial charge in [-0.05, 0) is 19.8 Å². The van der Waals surface area contributed by atoms with Crippen molar-refractivity contribution in [2.75, 3.05) is 0 Å². The summed E-state index contributed by atoms with van der Waals surface area (Å²) >= 11 is 1.68. The van der Waals surface area contributed by atoms with E-state index in [1.807, 2.05) is 6.92 Å². The Morgan fingerprint density at radius 3 is 3.20 bits per heavy atom. The van der Waals surface area contributed by atoms with Crippen LogP contribution in [0.3, 0.4) is 0 Å². The third-order valence-electron chi connectivity index (χ3n) is 2.89. The molecule has 15 heavy (non-hydrogen) atoms. The highest BCUT2D eigenvalue weighted by Crippen LogP contribution is 2.25. The van der Waals surface area contributed by atoms with Gasteiger partial charge in [0.25, 0.3) is 0 Å². The topological polar surface area (TPSA) is 48.7 Å². The number of rotatable bonds is 3. The molecular weight excluding hydrogens is 206 g/mol. The second-order valence-corrected chi connectivity index (χ2v) is 5.07. The summed E-state index contributed by atoms with van der Waals surface area (Å²) in [6.07, 6.45) is 3.34. The van der Waals surface area contributed by atoms with Crippen LogP contribution in [-0.2, 0) is 6.54 Å². The van der Waals surface area contributed by atoms with Crippen molar-refractivity contribution in [2.45, 2.75) is 38.8 Å². The fourth-order valence-corrected chi connectivity index (χ4v) is 2.70. The number of hydrogen-bond acceptors (Lipinski definition) is 4. The molecule has 1 aliphatic carbocycles. The third-order valence-corrected chi connectivity index (χ3v) is 3.72. The number of nitrogens with one attached hydrogen (secondary N) is 1. The van der Waals surface area contributed by atoms with Gasteiger partial charge in [0, 0.05) is 18.0 Å². The molecule has 0 bridgehead atoms.